The Balaban J connectivity index is 2.09. The topological polar surface area (TPSA) is 99.1 Å². The van der Waals surface area contributed by atoms with Gasteiger partial charge < -0.3 is 16.2 Å². The summed E-state index contributed by atoms with van der Waals surface area (Å²) in [6.45, 7) is 0. The first kappa shape index (κ1) is 13.4. The quantitative estimate of drug-likeness (QED) is 0.741. The lowest BCUT2D eigenvalue weighted by Gasteiger charge is -2.09. The molecule has 0 aliphatic rings. The molecule has 0 spiro atoms. The molecule has 0 heterocycles. The Hall–Kier alpha value is -3.00. The van der Waals surface area contributed by atoms with Crippen molar-refractivity contribution in [2.45, 2.75) is 6.42 Å². The van der Waals surface area contributed by atoms with E-state index in [2.05, 4.69) is 5.32 Å². The molecule has 0 aromatic heterocycles. The summed E-state index contributed by atoms with van der Waals surface area (Å²) in [6, 6.07) is 13.3. The molecule has 100 valence electrons. The molecule has 2 aromatic carbocycles. The minimum absolute atomic E-state index is 0.0477. The van der Waals surface area contributed by atoms with Crippen molar-refractivity contribution < 1.29 is 9.90 Å². The summed E-state index contributed by atoms with van der Waals surface area (Å²) in [5, 5.41) is 21.0. The van der Waals surface area contributed by atoms with Gasteiger partial charge in [0.2, 0.25) is 5.91 Å². The predicted molar refractivity (Wildman–Crippen MR) is 76.0 cm³/mol. The maximum absolute atomic E-state index is 11.9. The van der Waals surface area contributed by atoms with Crippen molar-refractivity contribution in [3.05, 3.63) is 53.6 Å². The molecule has 5 nitrogen and oxygen atoms in total. The third-order valence-corrected chi connectivity index (χ3v) is 2.80. The summed E-state index contributed by atoms with van der Waals surface area (Å²) in [6.07, 6.45) is 0.0477. The number of aromatic hydroxyl groups is 1. The Morgan fingerprint density at radius 1 is 1.30 bits per heavy atom. The number of rotatable bonds is 3. The molecule has 20 heavy (non-hydrogen) atoms. The fourth-order valence-corrected chi connectivity index (χ4v) is 1.77. The van der Waals surface area contributed by atoms with E-state index in [0.717, 1.165) is 0 Å². The van der Waals surface area contributed by atoms with Gasteiger partial charge in [0, 0.05) is 5.56 Å². The number of nitriles is 1. The fraction of sp³-hybridized carbons (Fsp3) is 0.0667. The molecule has 0 saturated carbocycles. The van der Waals surface area contributed by atoms with Crippen molar-refractivity contribution in [3.63, 3.8) is 0 Å². The van der Waals surface area contributed by atoms with Crippen molar-refractivity contribution in [2.75, 3.05) is 11.1 Å². The van der Waals surface area contributed by atoms with E-state index < -0.39 is 0 Å². The molecule has 0 unspecified atom stereocenters. The number of hydrogen-bond donors (Lipinski definition) is 3. The number of para-hydroxylation sites is 1. The van der Waals surface area contributed by atoms with Gasteiger partial charge in [-0.1, -0.05) is 18.2 Å². The Morgan fingerprint density at radius 3 is 2.70 bits per heavy atom. The molecule has 1 amide bonds. The molecule has 0 atom stereocenters. The smallest absolute Gasteiger partial charge is 0.228 e. The van der Waals surface area contributed by atoms with Crippen molar-refractivity contribution in [3.8, 4) is 11.8 Å². The molecule has 0 bridgehead atoms. The minimum Gasteiger partial charge on any atom is -0.508 e. The van der Waals surface area contributed by atoms with E-state index in [4.69, 9.17) is 11.0 Å². The molecular weight excluding hydrogens is 254 g/mol. The van der Waals surface area contributed by atoms with E-state index in [-0.39, 0.29) is 18.1 Å². The SMILES string of the molecule is N#Cc1ccc(NC(=O)Cc2ccccc2O)c(N)c1. The van der Waals surface area contributed by atoms with Crippen LogP contribution in [0.3, 0.4) is 0 Å². The van der Waals surface area contributed by atoms with Crippen LogP contribution in [0.2, 0.25) is 0 Å². The first-order chi connectivity index (χ1) is 9.60. The Morgan fingerprint density at radius 2 is 2.05 bits per heavy atom. The number of anilines is 2. The van der Waals surface area contributed by atoms with Gasteiger partial charge >= 0.3 is 0 Å². The van der Waals surface area contributed by atoms with E-state index >= 15 is 0 Å². The number of hydrogen-bond acceptors (Lipinski definition) is 4. The lowest BCUT2D eigenvalue weighted by atomic mass is 10.1. The van der Waals surface area contributed by atoms with E-state index in [0.29, 0.717) is 22.5 Å². The third-order valence-electron chi connectivity index (χ3n) is 2.80. The fourth-order valence-electron chi connectivity index (χ4n) is 1.77. The molecule has 5 heteroatoms. The van der Waals surface area contributed by atoms with Crippen LogP contribution in [0.15, 0.2) is 42.5 Å². The number of carbonyl (C=O) groups excluding carboxylic acids is 1. The van der Waals surface area contributed by atoms with E-state index in [9.17, 15) is 9.90 Å². The monoisotopic (exact) mass is 267 g/mol. The summed E-state index contributed by atoms with van der Waals surface area (Å²) >= 11 is 0. The number of benzene rings is 2. The molecule has 4 N–H and O–H groups in total. The highest BCUT2D eigenvalue weighted by molar-refractivity contribution is 5.95. The van der Waals surface area contributed by atoms with Crippen LogP contribution in [0, 0.1) is 11.3 Å². The van der Waals surface area contributed by atoms with Crippen LogP contribution >= 0.6 is 0 Å². The molecule has 0 aliphatic heterocycles. The summed E-state index contributed by atoms with van der Waals surface area (Å²) in [7, 11) is 0. The molecule has 2 rings (SSSR count). The van der Waals surface area contributed by atoms with Crippen molar-refractivity contribution in [1.82, 2.24) is 0 Å². The summed E-state index contributed by atoms with van der Waals surface area (Å²) < 4.78 is 0. The zero-order chi connectivity index (χ0) is 14.5. The summed E-state index contributed by atoms with van der Waals surface area (Å²) in [5.74, 6) is -0.210. The highest BCUT2D eigenvalue weighted by Gasteiger charge is 2.09. The maximum atomic E-state index is 11.9. The van der Waals surface area contributed by atoms with Crippen molar-refractivity contribution in [1.29, 1.82) is 5.26 Å². The zero-order valence-corrected chi connectivity index (χ0v) is 10.6. The first-order valence-electron chi connectivity index (χ1n) is 5.96. The van der Waals surface area contributed by atoms with Crippen LogP contribution in [0.5, 0.6) is 5.75 Å². The third kappa shape index (κ3) is 3.06. The van der Waals surface area contributed by atoms with Crippen LogP contribution in [-0.2, 0) is 11.2 Å². The lowest BCUT2D eigenvalue weighted by Crippen LogP contribution is -2.15. The van der Waals surface area contributed by atoms with E-state index in [1.165, 1.54) is 12.1 Å². The first-order valence-corrected chi connectivity index (χ1v) is 5.96. The van der Waals surface area contributed by atoms with Crippen molar-refractivity contribution in [2.24, 2.45) is 0 Å². The molecule has 0 aliphatic carbocycles. The van der Waals surface area contributed by atoms with E-state index in [1.54, 1.807) is 30.3 Å². The number of nitrogen functional groups attached to an aromatic ring is 1. The number of nitrogens with two attached hydrogens (primary N) is 1. The predicted octanol–water partition coefficient (Wildman–Crippen LogP) is 2.03. The van der Waals surface area contributed by atoms with Gasteiger partial charge in [-0.3, -0.25) is 4.79 Å². The number of phenols is 1. The van der Waals surface area contributed by atoms with Gasteiger partial charge in [0.15, 0.2) is 0 Å². The van der Waals surface area contributed by atoms with Gasteiger partial charge in [0.25, 0.3) is 0 Å². The average Bonchev–Trinajstić information content (AvgIpc) is 2.43. The molecule has 0 fully saturated rings. The van der Waals surface area contributed by atoms with Crippen LogP contribution in [0.4, 0.5) is 11.4 Å². The number of amides is 1. The minimum atomic E-state index is -0.289. The van der Waals surface area contributed by atoms with Gasteiger partial charge in [-0.05, 0) is 24.3 Å². The lowest BCUT2D eigenvalue weighted by molar-refractivity contribution is -0.115. The number of nitrogens with zero attached hydrogens (tertiary/aromatic N) is 1. The molecular formula is C15H13N3O2. The number of nitrogens with one attached hydrogen (secondary N) is 1. The van der Waals surface area contributed by atoms with Gasteiger partial charge in [-0.25, -0.2) is 0 Å². The summed E-state index contributed by atoms with van der Waals surface area (Å²) in [5.41, 5.74) is 7.50. The second-order valence-corrected chi connectivity index (χ2v) is 4.27. The van der Waals surface area contributed by atoms with Crippen LogP contribution < -0.4 is 11.1 Å². The Bertz CT molecular complexity index is 690. The zero-order valence-electron chi connectivity index (χ0n) is 10.6. The van der Waals surface area contributed by atoms with Gasteiger partial charge in [0.05, 0.1) is 29.4 Å². The van der Waals surface area contributed by atoms with Gasteiger partial charge in [0.1, 0.15) is 5.75 Å². The van der Waals surface area contributed by atoms with Gasteiger partial charge in [-0.2, -0.15) is 5.26 Å². The maximum Gasteiger partial charge on any atom is 0.228 e. The number of phenolic OH excluding ortho intramolecular Hbond substituents is 1. The highest BCUT2D eigenvalue weighted by Crippen LogP contribution is 2.21. The van der Waals surface area contributed by atoms with Crippen LogP contribution in [0.25, 0.3) is 0 Å². The molecule has 2 aromatic rings. The number of carbonyl (C=O) groups is 1. The van der Waals surface area contributed by atoms with Crippen molar-refractivity contribution >= 4 is 17.3 Å². The molecule has 0 saturated heterocycles. The largest absolute Gasteiger partial charge is 0.508 e. The van der Waals surface area contributed by atoms with Crippen LogP contribution in [0.1, 0.15) is 11.1 Å². The Labute approximate surface area is 116 Å². The molecule has 0 radical (unpaired) electrons. The summed E-state index contributed by atoms with van der Waals surface area (Å²) in [4.78, 5) is 11.9. The Kier molecular flexibility index (Phi) is 3.87. The van der Waals surface area contributed by atoms with Crippen LogP contribution in [-0.4, -0.2) is 11.0 Å². The van der Waals surface area contributed by atoms with E-state index in [1.807, 2.05) is 6.07 Å². The van der Waals surface area contributed by atoms with Gasteiger partial charge in [-0.15, -0.1) is 0 Å². The second-order valence-electron chi connectivity index (χ2n) is 4.27. The average molecular weight is 267 g/mol. The highest BCUT2D eigenvalue weighted by atomic mass is 16.3. The standard InChI is InChI=1S/C15H13N3O2/c16-9-10-5-6-13(12(17)7-10)18-15(20)8-11-3-1-2-4-14(11)19/h1-7,19H,8,17H2,(H,18,20). The second kappa shape index (κ2) is 5.76. The normalized spacial score (nSPS) is 9.75.